The lowest BCUT2D eigenvalue weighted by Gasteiger charge is -2.11. The molecule has 0 saturated heterocycles. The molecule has 1 unspecified atom stereocenters. The Labute approximate surface area is 118 Å². The van der Waals surface area contributed by atoms with Crippen LogP contribution < -0.4 is 4.72 Å². The second-order valence-electron chi connectivity index (χ2n) is 3.97. The number of esters is 1. The van der Waals surface area contributed by atoms with E-state index in [1.165, 1.54) is 6.08 Å². The SMILES string of the molecule is C=Cc1cc2cc(C(=O)OCC)[nH]c2cc1NS(=O)[O-]. The van der Waals surface area contributed by atoms with Crippen LogP contribution in [-0.4, -0.2) is 26.3 Å². The number of carbonyl (C=O) groups is 1. The zero-order valence-corrected chi connectivity index (χ0v) is 11.6. The predicted molar refractivity (Wildman–Crippen MR) is 76.9 cm³/mol. The monoisotopic (exact) mass is 293 g/mol. The third-order valence-electron chi connectivity index (χ3n) is 2.70. The number of benzene rings is 1. The van der Waals surface area contributed by atoms with Gasteiger partial charge in [-0.15, -0.1) is 0 Å². The molecule has 20 heavy (non-hydrogen) atoms. The highest BCUT2D eigenvalue weighted by Crippen LogP contribution is 2.26. The summed E-state index contributed by atoms with van der Waals surface area (Å²) in [5.74, 6) is -0.453. The average Bonchev–Trinajstić information content (AvgIpc) is 2.80. The summed E-state index contributed by atoms with van der Waals surface area (Å²) in [6, 6.07) is 4.99. The molecule has 0 aliphatic carbocycles. The van der Waals surface area contributed by atoms with E-state index in [1.54, 1.807) is 25.1 Å². The van der Waals surface area contributed by atoms with Gasteiger partial charge in [0.15, 0.2) is 0 Å². The zero-order valence-electron chi connectivity index (χ0n) is 10.8. The van der Waals surface area contributed by atoms with Gasteiger partial charge in [-0.3, -0.25) is 4.21 Å². The molecule has 2 aromatic rings. The Kier molecular flexibility index (Phi) is 4.21. The topological polar surface area (TPSA) is 94.2 Å². The number of H-pyrrole nitrogens is 1. The van der Waals surface area contributed by atoms with Crippen molar-refractivity contribution in [3.8, 4) is 0 Å². The summed E-state index contributed by atoms with van der Waals surface area (Å²) in [4.78, 5) is 14.5. The van der Waals surface area contributed by atoms with E-state index in [2.05, 4.69) is 16.3 Å². The Morgan fingerprint density at radius 2 is 2.30 bits per heavy atom. The molecule has 0 bridgehead atoms. The second-order valence-corrected chi connectivity index (χ2v) is 4.64. The standard InChI is InChI=1S/C13H14N2O4S/c1-3-8-5-9-6-12(13(16)19-4-2)14-10(9)7-11(8)15-20(17)18/h3,5-7,14-15H,1,4H2,2H3,(H,17,18)/p-1. The van der Waals surface area contributed by atoms with E-state index in [0.29, 0.717) is 22.5 Å². The first kappa shape index (κ1) is 14.3. The van der Waals surface area contributed by atoms with Crippen LogP contribution in [-0.2, 0) is 16.0 Å². The minimum Gasteiger partial charge on any atom is -0.755 e. The normalized spacial score (nSPS) is 12.1. The molecule has 1 aromatic heterocycles. The van der Waals surface area contributed by atoms with Gasteiger partial charge in [-0.2, -0.15) is 0 Å². The van der Waals surface area contributed by atoms with Gasteiger partial charge >= 0.3 is 5.97 Å². The van der Waals surface area contributed by atoms with Gasteiger partial charge in [-0.1, -0.05) is 12.7 Å². The minimum atomic E-state index is -2.43. The van der Waals surface area contributed by atoms with Crippen molar-refractivity contribution in [2.45, 2.75) is 6.92 Å². The van der Waals surface area contributed by atoms with Crippen molar-refractivity contribution in [2.24, 2.45) is 0 Å². The van der Waals surface area contributed by atoms with Gasteiger partial charge in [0.1, 0.15) is 5.69 Å². The Bertz CT molecular complexity index is 693. The van der Waals surface area contributed by atoms with Crippen LogP contribution in [0.15, 0.2) is 24.8 Å². The average molecular weight is 293 g/mol. The first-order chi connectivity index (χ1) is 9.55. The summed E-state index contributed by atoms with van der Waals surface area (Å²) < 4.78 is 28.7. The fraction of sp³-hybridized carbons (Fsp3) is 0.154. The third kappa shape index (κ3) is 2.89. The largest absolute Gasteiger partial charge is 0.755 e. The number of aromatic amines is 1. The molecule has 0 radical (unpaired) electrons. The molecule has 0 amide bonds. The molecule has 2 N–H and O–H groups in total. The summed E-state index contributed by atoms with van der Waals surface area (Å²) in [7, 11) is 0. The molecule has 6 nitrogen and oxygen atoms in total. The van der Waals surface area contributed by atoms with Gasteiger partial charge in [0.05, 0.1) is 12.3 Å². The van der Waals surface area contributed by atoms with Gasteiger partial charge in [0.25, 0.3) is 0 Å². The van der Waals surface area contributed by atoms with E-state index in [9.17, 15) is 13.6 Å². The maximum absolute atomic E-state index is 11.6. The third-order valence-corrected chi connectivity index (χ3v) is 3.09. The molecule has 106 valence electrons. The number of carbonyl (C=O) groups excluding carboxylic acids is 1. The fourth-order valence-corrected chi connectivity index (χ4v) is 2.22. The molecule has 7 heteroatoms. The zero-order chi connectivity index (χ0) is 14.7. The first-order valence-electron chi connectivity index (χ1n) is 5.87. The minimum absolute atomic E-state index is 0.286. The van der Waals surface area contributed by atoms with Crippen molar-refractivity contribution in [3.63, 3.8) is 0 Å². The highest BCUT2D eigenvalue weighted by atomic mass is 32.2. The van der Waals surface area contributed by atoms with Gasteiger partial charge in [0.2, 0.25) is 0 Å². The second kappa shape index (κ2) is 5.89. The Morgan fingerprint density at radius 3 is 2.90 bits per heavy atom. The molecule has 0 saturated carbocycles. The Balaban J connectivity index is 2.49. The number of anilines is 1. The van der Waals surface area contributed by atoms with Gasteiger partial charge < -0.3 is 19.0 Å². The van der Waals surface area contributed by atoms with Crippen LogP contribution >= 0.6 is 0 Å². The fourth-order valence-electron chi connectivity index (χ4n) is 1.86. The van der Waals surface area contributed by atoms with Crippen LogP contribution in [0.2, 0.25) is 0 Å². The van der Waals surface area contributed by atoms with Crippen LogP contribution in [0.25, 0.3) is 17.0 Å². The molecule has 0 aliphatic rings. The van der Waals surface area contributed by atoms with E-state index >= 15 is 0 Å². The number of nitrogens with one attached hydrogen (secondary N) is 2. The Hall–Kier alpha value is -2.12. The van der Waals surface area contributed by atoms with Crippen LogP contribution in [0.4, 0.5) is 5.69 Å². The van der Waals surface area contributed by atoms with Crippen molar-refractivity contribution in [1.29, 1.82) is 0 Å². The van der Waals surface area contributed by atoms with E-state index < -0.39 is 17.2 Å². The molecular formula is C13H13N2O4S-. The van der Waals surface area contributed by atoms with E-state index in [0.717, 1.165) is 5.39 Å². The lowest BCUT2D eigenvalue weighted by Crippen LogP contribution is -2.04. The number of ether oxygens (including phenoxy) is 1. The van der Waals surface area contributed by atoms with Crippen LogP contribution in [0.1, 0.15) is 23.0 Å². The highest BCUT2D eigenvalue weighted by molar-refractivity contribution is 7.80. The number of rotatable bonds is 5. The summed E-state index contributed by atoms with van der Waals surface area (Å²) >= 11 is -2.43. The summed E-state index contributed by atoms with van der Waals surface area (Å²) in [6.07, 6.45) is 1.53. The lowest BCUT2D eigenvalue weighted by molar-refractivity contribution is 0.0520. The molecule has 0 aliphatic heterocycles. The molecule has 0 fully saturated rings. The van der Waals surface area contributed by atoms with E-state index in [-0.39, 0.29) is 6.61 Å². The van der Waals surface area contributed by atoms with Crippen molar-refractivity contribution in [3.05, 3.63) is 36.0 Å². The predicted octanol–water partition coefficient (Wildman–Crippen LogP) is 2.19. The number of fused-ring (bicyclic) bond motifs is 1. The number of hydrogen-bond acceptors (Lipinski definition) is 4. The van der Waals surface area contributed by atoms with Crippen molar-refractivity contribution in [1.82, 2.24) is 4.98 Å². The van der Waals surface area contributed by atoms with E-state index in [1.807, 2.05) is 0 Å². The van der Waals surface area contributed by atoms with Crippen molar-refractivity contribution < 1.29 is 18.3 Å². The van der Waals surface area contributed by atoms with Gasteiger partial charge in [-0.05, 0) is 30.7 Å². The molecule has 1 heterocycles. The maximum Gasteiger partial charge on any atom is 0.354 e. The molecule has 2 rings (SSSR count). The van der Waals surface area contributed by atoms with Crippen LogP contribution in [0, 0.1) is 0 Å². The van der Waals surface area contributed by atoms with Crippen LogP contribution in [0.5, 0.6) is 0 Å². The quantitative estimate of drug-likeness (QED) is 0.652. The van der Waals surface area contributed by atoms with Crippen LogP contribution in [0.3, 0.4) is 0 Å². The highest BCUT2D eigenvalue weighted by Gasteiger charge is 2.12. The van der Waals surface area contributed by atoms with Crippen molar-refractivity contribution >= 4 is 39.9 Å². The van der Waals surface area contributed by atoms with Crippen molar-refractivity contribution in [2.75, 3.05) is 11.3 Å². The molecule has 1 aromatic carbocycles. The number of aromatic nitrogens is 1. The maximum atomic E-state index is 11.6. The lowest BCUT2D eigenvalue weighted by atomic mass is 10.1. The summed E-state index contributed by atoms with van der Waals surface area (Å²) in [6.45, 7) is 5.64. The van der Waals surface area contributed by atoms with Gasteiger partial charge in [-0.25, -0.2) is 4.79 Å². The Morgan fingerprint density at radius 1 is 1.55 bits per heavy atom. The summed E-state index contributed by atoms with van der Waals surface area (Å²) in [5.41, 5.74) is 1.96. The molecular weight excluding hydrogens is 280 g/mol. The smallest absolute Gasteiger partial charge is 0.354 e. The van der Waals surface area contributed by atoms with E-state index in [4.69, 9.17) is 4.74 Å². The summed E-state index contributed by atoms with van der Waals surface area (Å²) in [5, 5.41) is 0.769. The first-order valence-corrected chi connectivity index (χ1v) is 6.95. The van der Waals surface area contributed by atoms with Gasteiger partial charge in [0, 0.05) is 22.2 Å². The molecule has 0 spiro atoms. The number of hydrogen-bond donors (Lipinski definition) is 2. The molecule has 1 atom stereocenters.